The first kappa shape index (κ1) is 19.7. The standard InChI is InChI=1S/C27H21FN4O/c1-26(2)25-22(14-29)21-5-3-4-6-24(21)31(25)16-27(26,33)18-7-12-23-17(13-18)15-30-32(23)20-10-8-19(28)9-11-20/h3-13,15,33H,16H2,1-2H3. The van der Waals surface area contributed by atoms with Crippen LogP contribution >= 0.6 is 0 Å². The summed E-state index contributed by atoms with van der Waals surface area (Å²) in [6, 6.07) is 22.2. The normalized spacial score (nSPS) is 19.1. The quantitative estimate of drug-likeness (QED) is 0.415. The van der Waals surface area contributed by atoms with E-state index in [0.717, 1.165) is 38.8 Å². The highest BCUT2D eigenvalue weighted by Crippen LogP contribution is 2.52. The maximum absolute atomic E-state index is 13.3. The van der Waals surface area contributed by atoms with E-state index in [0.29, 0.717) is 12.1 Å². The lowest BCUT2D eigenvalue weighted by Crippen LogP contribution is -2.42. The molecule has 0 amide bonds. The summed E-state index contributed by atoms with van der Waals surface area (Å²) in [5.74, 6) is -0.295. The highest BCUT2D eigenvalue weighted by molar-refractivity contribution is 5.89. The van der Waals surface area contributed by atoms with E-state index >= 15 is 0 Å². The molecule has 0 radical (unpaired) electrons. The second-order valence-electron chi connectivity index (χ2n) is 9.23. The van der Waals surface area contributed by atoms with Crippen LogP contribution in [-0.4, -0.2) is 19.5 Å². The molecule has 1 unspecified atom stereocenters. The molecule has 0 aliphatic carbocycles. The van der Waals surface area contributed by atoms with Gasteiger partial charge in [0, 0.05) is 27.4 Å². The minimum Gasteiger partial charge on any atom is -0.382 e. The molecule has 33 heavy (non-hydrogen) atoms. The van der Waals surface area contributed by atoms with Crippen molar-refractivity contribution in [3.8, 4) is 11.8 Å². The zero-order valence-electron chi connectivity index (χ0n) is 18.2. The van der Waals surface area contributed by atoms with Gasteiger partial charge in [-0.2, -0.15) is 10.4 Å². The molecular weight excluding hydrogens is 415 g/mol. The number of para-hydroxylation sites is 1. The number of halogens is 1. The Morgan fingerprint density at radius 1 is 1.03 bits per heavy atom. The molecule has 0 fully saturated rings. The molecule has 2 aromatic heterocycles. The van der Waals surface area contributed by atoms with Crippen molar-refractivity contribution in [3.63, 3.8) is 0 Å². The second kappa shape index (κ2) is 6.53. The number of rotatable bonds is 2. The van der Waals surface area contributed by atoms with E-state index in [1.54, 1.807) is 23.0 Å². The van der Waals surface area contributed by atoms with Gasteiger partial charge in [-0.15, -0.1) is 0 Å². The van der Waals surface area contributed by atoms with Crippen molar-refractivity contribution < 1.29 is 9.50 Å². The third-order valence-electron chi connectivity index (χ3n) is 7.21. The summed E-state index contributed by atoms with van der Waals surface area (Å²) in [5, 5.41) is 28.3. The topological polar surface area (TPSA) is 66.8 Å². The molecule has 6 heteroatoms. The molecule has 5 aromatic rings. The van der Waals surface area contributed by atoms with Gasteiger partial charge in [0.25, 0.3) is 0 Å². The number of aromatic nitrogens is 3. The summed E-state index contributed by atoms with van der Waals surface area (Å²) >= 11 is 0. The van der Waals surface area contributed by atoms with Gasteiger partial charge in [0.2, 0.25) is 0 Å². The van der Waals surface area contributed by atoms with Gasteiger partial charge < -0.3 is 9.67 Å². The number of nitrogens with zero attached hydrogens (tertiary/aromatic N) is 4. The second-order valence-corrected chi connectivity index (χ2v) is 9.23. The summed E-state index contributed by atoms with van der Waals surface area (Å²) in [4.78, 5) is 0. The van der Waals surface area contributed by atoms with E-state index in [1.807, 2.05) is 56.3 Å². The molecule has 3 heterocycles. The Labute approximate surface area is 189 Å². The maximum Gasteiger partial charge on any atom is 0.123 e. The van der Waals surface area contributed by atoms with Crippen LogP contribution in [0.5, 0.6) is 0 Å². The van der Waals surface area contributed by atoms with Crippen molar-refractivity contribution in [2.24, 2.45) is 0 Å². The molecule has 0 saturated heterocycles. The minimum absolute atomic E-state index is 0.295. The average molecular weight is 436 g/mol. The summed E-state index contributed by atoms with van der Waals surface area (Å²) in [7, 11) is 0. The number of fused-ring (bicyclic) bond motifs is 4. The Morgan fingerprint density at radius 2 is 1.79 bits per heavy atom. The predicted molar refractivity (Wildman–Crippen MR) is 125 cm³/mol. The fourth-order valence-electron chi connectivity index (χ4n) is 5.38. The van der Waals surface area contributed by atoms with E-state index in [-0.39, 0.29) is 5.82 Å². The first-order valence-electron chi connectivity index (χ1n) is 10.8. The van der Waals surface area contributed by atoms with Crippen LogP contribution in [0.25, 0.3) is 27.5 Å². The highest BCUT2D eigenvalue weighted by Gasteiger charge is 2.54. The maximum atomic E-state index is 13.3. The van der Waals surface area contributed by atoms with Gasteiger partial charge in [-0.3, -0.25) is 0 Å². The zero-order chi connectivity index (χ0) is 23.0. The fraction of sp³-hybridized carbons (Fsp3) is 0.185. The molecule has 6 rings (SSSR count). The highest BCUT2D eigenvalue weighted by atomic mass is 19.1. The molecule has 162 valence electrons. The van der Waals surface area contributed by atoms with E-state index in [1.165, 1.54) is 12.1 Å². The molecule has 1 N–H and O–H groups in total. The third kappa shape index (κ3) is 2.51. The molecular formula is C27H21FN4O. The van der Waals surface area contributed by atoms with Gasteiger partial charge in [-0.1, -0.05) is 38.1 Å². The number of nitriles is 1. The summed E-state index contributed by atoms with van der Waals surface area (Å²) in [6.45, 7) is 4.35. The Bertz CT molecular complexity index is 1600. The molecule has 1 aliphatic heterocycles. The van der Waals surface area contributed by atoms with Gasteiger partial charge >= 0.3 is 0 Å². The molecule has 0 spiro atoms. The van der Waals surface area contributed by atoms with Crippen molar-refractivity contribution in [3.05, 3.63) is 95.6 Å². The molecule has 1 atom stereocenters. The summed E-state index contributed by atoms with van der Waals surface area (Å²) < 4.78 is 17.2. The van der Waals surface area contributed by atoms with E-state index in [2.05, 4.69) is 15.7 Å². The smallest absolute Gasteiger partial charge is 0.123 e. The number of hydrogen-bond donors (Lipinski definition) is 1. The summed E-state index contributed by atoms with van der Waals surface area (Å²) in [6.07, 6.45) is 1.75. The van der Waals surface area contributed by atoms with Gasteiger partial charge in [0.05, 0.1) is 29.5 Å². The number of benzene rings is 3. The molecule has 3 aromatic carbocycles. The predicted octanol–water partition coefficient (Wildman–Crippen LogP) is 5.17. The molecule has 0 saturated carbocycles. The van der Waals surface area contributed by atoms with Crippen molar-refractivity contribution in [2.75, 3.05) is 0 Å². The van der Waals surface area contributed by atoms with E-state index < -0.39 is 11.0 Å². The molecule has 0 bridgehead atoms. The van der Waals surface area contributed by atoms with Crippen LogP contribution in [0.15, 0.2) is 72.9 Å². The van der Waals surface area contributed by atoms with Gasteiger partial charge in [0.15, 0.2) is 0 Å². The molecule has 5 nitrogen and oxygen atoms in total. The van der Waals surface area contributed by atoms with Gasteiger partial charge in [-0.05, 0) is 48.0 Å². The van der Waals surface area contributed by atoms with Crippen molar-refractivity contribution >= 4 is 21.8 Å². The lowest BCUT2D eigenvalue weighted by Gasteiger charge is -2.37. The van der Waals surface area contributed by atoms with Crippen molar-refractivity contribution in [2.45, 2.75) is 31.4 Å². The first-order valence-corrected chi connectivity index (χ1v) is 10.8. The molecule has 1 aliphatic rings. The zero-order valence-corrected chi connectivity index (χ0v) is 18.2. The Kier molecular flexibility index (Phi) is 3.90. The van der Waals surface area contributed by atoms with Crippen molar-refractivity contribution in [1.82, 2.24) is 14.3 Å². The van der Waals surface area contributed by atoms with Gasteiger partial charge in [0.1, 0.15) is 17.5 Å². The average Bonchev–Trinajstić information content (AvgIpc) is 3.44. The minimum atomic E-state index is -1.20. The number of aliphatic hydroxyl groups is 1. The number of hydrogen-bond acceptors (Lipinski definition) is 3. The Balaban J connectivity index is 1.49. The van der Waals surface area contributed by atoms with Crippen LogP contribution < -0.4 is 0 Å². The monoisotopic (exact) mass is 436 g/mol. The van der Waals surface area contributed by atoms with E-state index in [9.17, 15) is 14.8 Å². The lowest BCUT2D eigenvalue weighted by atomic mass is 9.70. The van der Waals surface area contributed by atoms with E-state index in [4.69, 9.17) is 0 Å². The lowest BCUT2D eigenvalue weighted by molar-refractivity contribution is -0.0234. The first-order chi connectivity index (χ1) is 15.8. The van der Waals surface area contributed by atoms with Crippen LogP contribution in [0.4, 0.5) is 4.39 Å². The van der Waals surface area contributed by atoms with Crippen molar-refractivity contribution in [1.29, 1.82) is 5.26 Å². The Hall–Kier alpha value is -3.95. The SMILES string of the molecule is CC1(C)c2c(C#N)c3ccccc3n2CC1(O)c1ccc2c(cnn2-c2ccc(F)cc2)c1. The third-order valence-corrected chi connectivity index (χ3v) is 7.21. The van der Waals surface area contributed by atoms with Crippen LogP contribution in [0.2, 0.25) is 0 Å². The van der Waals surface area contributed by atoms with Crippen LogP contribution in [0, 0.1) is 17.1 Å². The van der Waals surface area contributed by atoms with Crippen LogP contribution in [0.1, 0.15) is 30.7 Å². The summed E-state index contributed by atoms with van der Waals surface area (Å²) in [5.41, 5.74) is 2.94. The van der Waals surface area contributed by atoms with Crippen LogP contribution in [0.3, 0.4) is 0 Å². The Morgan fingerprint density at radius 3 is 2.55 bits per heavy atom. The van der Waals surface area contributed by atoms with Crippen LogP contribution in [-0.2, 0) is 17.6 Å². The van der Waals surface area contributed by atoms with Gasteiger partial charge in [-0.25, -0.2) is 9.07 Å². The largest absolute Gasteiger partial charge is 0.382 e. The fourth-order valence-corrected chi connectivity index (χ4v) is 5.38.